The standard InChI is InChI=1S/C25H23F2N3O2/c1-29-10-11-30(24(31)16-21-7-4-5-9-28-21)23(25(29)32)14-17-6-2-3-8-22(17)18-12-19(26)15-20(27)13-18/h2-9,12-13,15,23H,10-11,14,16H2,1H3/t23-/m1/s1. The first kappa shape index (κ1) is 21.6. The second-order valence-corrected chi connectivity index (χ2v) is 7.88. The van der Waals surface area contributed by atoms with E-state index in [-0.39, 0.29) is 24.7 Å². The van der Waals surface area contributed by atoms with Crippen molar-refractivity contribution in [3.05, 3.63) is 89.8 Å². The highest BCUT2D eigenvalue weighted by Gasteiger charge is 2.36. The van der Waals surface area contributed by atoms with Crippen molar-refractivity contribution >= 4 is 11.8 Å². The zero-order valence-electron chi connectivity index (χ0n) is 17.7. The number of rotatable bonds is 5. The number of hydrogen-bond acceptors (Lipinski definition) is 3. The van der Waals surface area contributed by atoms with Crippen molar-refractivity contribution < 1.29 is 18.4 Å². The number of aromatic nitrogens is 1. The van der Waals surface area contributed by atoms with Gasteiger partial charge in [-0.05, 0) is 41.0 Å². The van der Waals surface area contributed by atoms with E-state index in [1.54, 1.807) is 47.3 Å². The van der Waals surface area contributed by atoms with E-state index in [1.807, 2.05) is 18.2 Å². The molecule has 1 fully saturated rings. The number of hydrogen-bond donors (Lipinski definition) is 0. The van der Waals surface area contributed by atoms with Crippen molar-refractivity contribution in [2.45, 2.75) is 18.9 Å². The van der Waals surface area contributed by atoms with E-state index < -0.39 is 17.7 Å². The largest absolute Gasteiger partial charge is 0.342 e. The average molecular weight is 435 g/mol. The van der Waals surface area contributed by atoms with Crippen molar-refractivity contribution in [1.29, 1.82) is 0 Å². The summed E-state index contributed by atoms with van der Waals surface area (Å²) in [7, 11) is 1.71. The van der Waals surface area contributed by atoms with E-state index in [2.05, 4.69) is 4.98 Å². The van der Waals surface area contributed by atoms with Gasteiger partial charge in [0.25, 0.3) is 0 Å². The van der Waals surface area contributed by atoms with Gasteiger partial charge in [0.05, 0.1) is 6.42 Å². The average Bonchev–Trinajstić information content (AvgIpc) is 2.77. The van der Waals surface area contributed by atoms with Crippen LogP contribution in [0.1, 0.15) is 11.3 Å². The highest BCUT2D eigenvalue weighted by Crippen LogP contribution is 2.28. The Morgan fingerprint density at radius 3 is 2.47 bits per heavy atom. The Kier molecular flexibility index (Phi) is 6.25. The molecule has 1 saturated heterocycles. The molecule has 0 radical (unpaired) electrons. The third-order valence-electron chi connectivity index (χ3n) is 5.70. The molecule has 1 atom stereocenters. The van der Waals surface area contributed by atoms with Gasteiger partial charge in [-0.3, -0.25) is 14.6 Å². The molecule has 2 amide bonds. The van der Waals surface area contributed by atoms with Crippen LogP contribution in [-0.4, -0.2) is 52.8 Å². The minimum absolute atomic E-state index is 0.102. The monoisotopic (exact) mass is 435 g/mol. The van der Waals surface area contributed by atoms with Gasteiger partial charge in [0.15, 0.2) is 0 Å². The Morgan fingerprint density at radius 1 is 1.03 bits per heavy atom. The Hall–Kier alpha value is -3.61. The molecule has 3 aromatic rings. The van der Waals surface area contributed by atoms with Gasteiger partial charge in [0.1, 0.15) is 17.7 Å². The second kappa shape index (κ2) is 9.26. The van der Waals surface area contributed by atoms with Crippen LogP contribution in [0.15, 0.2) is 66.9 Å². The summed E-state index contributed by atoms with van der Waals surface area (Å²) in [5, 5.41) is 0. The lowest BCUT2D eigenvalue weighted by Crippen LogP contribution is -2.58. The molecular formula is C25H23F2N3O2. The van der Waals surface area contributed by atoms with Gasteiger partial charge >= 0.3 is 0 Å². The van der Waals surface area contributed by atoms with Gasteiger partial charge in [-0.1, -0.05) is 30.3 Å². The highest BCUT2D eigenvalue weighted by molar-refractivity contribution is 5.90. The van der Waals surface area contributed by atoms with Crippen LogP contribution < -0.4 is 0 Å². The topological polar surface area (TPSA) is 53.5 Å². The third kappa shape index (κ3) is 4.66. The first-order valence-electron chi connectivity index (χ1n) is 10.4. The normalized spacial score (nSPS) is 16.3. The predicted molar refractivity (Wildman–Crippen MR) is 117 cm³/mol. The number of likely N-dealkylation sites (N-methyl/N-ethyl adjacent to an activating group) is 1. The first-order valence-corrected chi connectivity index (χ1v) is 10.4. The molecule has 32 heavy (non-hydrogen) atoms. The number of carbonyl (C=O) groups is 2. The maximum atomic E-state index is 13.8. The Bertz CT molecular complexity index is 1120. The Balaban J connectivity index is 1.64. The number of halogens is 2. The van der Waals surface area contributed by atoms with Crippen molar-refractivity contribution in [3.8, 4) is 11.1 Å². The minimum Gasteiger partial charge on any atom is -0.342 e. The van der Waals surface area contributed by atoms with Gasteiger partial charge in [0, 0.05) is 44.5 Å². The van der Waals surface area contributed by atoms with E-state index in [9.17, 15) is 18.4 Å². The van der Waals surface area contributed by atoms with Crippen molar-refractivity contribution in [1.82, 2.24) is 14.8 Å². The molecule has 2 aromatic carbocycles. The number of pyridine rings is 1. The van der Waals surface area contributed by atoms with Gasteiger partial charge < -0.3 is 9.80 Å². The van der Waals surface area contributed by atoms with Crippen LogP contribution in [0.5, 0.6) is 0 Å². The van der Waals surface area contributed by atoms with Crippen LogP contribution in [-0.2, 0) is 22.4 Å². The molecule has 0 unspecified atom stereocenters. The first-order chi connectivity index (χ1) is 15.4. The lowest BCUT2D eigenvalue weighted by Gasteiger charge is -2.39. The molecule has 0 aliphatic carbocycles. The van der Waals surface area contributed by atoms with Crippen LogP contribution >= 0.6 is 0 Å². The molecule has 164 valence electrons. The van der Waals surface area contributed by atoms with Gasteiger partial charge in [-0.15, -0.1) is 0 Å². The fourth-order valence-corrected chi connectivity index (χ4v) is 4.06. The summed E-state index contributed by atoms with van der Waals surface area (Å²) in [6, 6.07) is 15.2. The minimum atomic E-state index is -0.704. The van der Waals surface area contributed by atoms with E-state index in [0.29, 0.717) is 29.9 Å². The van der Waals surface area contributed by atoms with Crippen LogP contribution in [0, 0.1) is 11.6 Å². The van der Waals surface area contributed by atoms with Crippen LogP contribution in [0.3, 0.4) is 0 Å². The Labute approximate surface area is 185 Å². The van der Waals surface area contributed by atoms with Gasteiger partial charge in [0.2, 0.25) is 11.8 Å². The fourth-order valence-electron chi connectivity index (χ4n) is 4.06. The molecule has 1 aromatic heterocycles. The predicted octanol–water partition coefficient (Wildman–Crippen LogP) is 3.48. The third-order valence-corrected chi connectivity index (χ3v) is 5.70. The van der Waals surface area contributed by atoms with Crippen molar-refractivity contribution in [2.75, 3.05) is 20.1 Å². The smallest absolute Gasteiger partial charge is 0.245 e. The summed E-state index contributed by atoms with van der Waals surface area (Å²) >= 11 is 0. The molecule has 2 heterocycles. The number of piperazine rings is 1. The SMILES string of the molecule is CN1CCN(C(=O)Cc2ccccn2)[C@H](Cc2ccccc2-c2cc(F)cc(F)c2)C1=O. The van der Waals surface area contributed by atoms with Crippen LogP contribution in [0.4, 0.5) is 8.78 Å². The summed E-state index contributed by atoms with van der Waals surface area (Å²) in [5.74, 6) is -1.68. The second-order valence-electron chi connectivity index (χ2n) is 7.88. The van der Waals surface area contributed by atoms with Gasteiger partial charge in [-0.25, -0.2) is 8.78 Å². The number of carbonyl (C=O) groups excluding carboxylic acids is 2. The molecule has 0 N–H and O–H groups in total. The van der Waals surface area contributed by atoms with E-state index in [0.717, 1.165) is 11.6 Å². The molecule has 0 bridgehead atoms. The maximum absolute atomic E-state index is 13.8. The fraction of sp³-hybridized carbons (Fsp3) is 0.240. The van der Waals surface area contributed by atoms with Crippen molar-refractivity contribution in [3.63, 3.8) is 0 Å². The molecule has 0 saturated carbocycles. The highest BCUT2D eigenvalue weighted by atomic mass is 19.1. The Morgan fingerprint density at radius 2 is 1.75 bits per heavy atom. The van der Waals surface area contributed by atoms with Crippen LogP contribution in [0.25, 0.3) is 11.1 Å². The van der Waals surface area contributed by atoms with Gasteiger partial charge in [-0.2, -0.15) is 0 Å². The molecule has 4 rings (SSSR count). The summed E-state index contributed by atoms with van der Waals surface area (Å²) in [5.41, 5.74) is 2.39. The number of amides is 2. The zero-order chi connectivity index (χ0) is 22.7. The van der Waals surface area contributed by atoms with E-state index in [1.165, 1.54) is 12.1 Å². The summed E-state index contributed by atoms with van der Waals surface area (Å²) in [6.45, 7) is 0.857. The molecule has 1 aliphatic heterocycles. The molecule has 0 spiro atoms. The van der Waals surface area contributed by atoms with E-state index >= 15 is 0 Å². The lowest BCUT2D eigenvalue weighted by molar-refractivity contribution is -0.149. The summed E-state index contributed by atoms with van der Waals surface area (Å²) < 4.78 is 27.7. The lowest BCUT2D eigenvalue weighted by atomic mass is 9.93. The molecule has 5 nitrogen and oxygen atoms in total. The number of nitrogens with zero attached hydrogens (tertiary/aromatic N) is 3. The molecule has 1 aliphatic rings. The summed E-state index contributed by atoms with van der Waals surface area (Å²) in [4.78, 5) is 33.6. The van der Waals surface area contributed by atoms with E-state index in [4.69, 9.17) is 0 Å². The molecular weight excluding hydrogens is 412 g/mol. The van der Waals surface area contributed by atoms with Crippen molar-refractivity contribution in [2.24, 2.45) is 0 Å². The zero-order valence-corrected chi connectivity index (χ0v) is 17.7. The maximum Gasteiger partial charge on any atom is 0.245 e. The number of benzene rings is 2. The molecule has 7 heteroatoms. The quantitative estimate of drug-likeness (QED) is 0.617. The van der Waals surface area contributed by atoms with Crippen LogP contribution in [0.2, 0.25) is 0 Å². The summed E-state index contributed by atoms with van der Waals surface area (Å²) in [6.07, 6.45) is 1.97.